The molecule has 1 amide bonds. The molecular formula is C12H18ClN3O. The normalized spacial score (nSPS) is 12.5. The van der Waals surface area contributed by atoms with E-state index in [1.807, 2.05) is 25.9 Å². The van der Waals surface area contributed by atoms with E-state index in [2.05, 4.69) is 5.32 Å². The predicted molar refractivity (Wildman–Crippen MR) is 71.3 cm³/mol. The second-order valence-corrected chi connectivity index (χ2v) is 4.75. The number of benzene rings is 1. The molecular weight excluding hydrogens is 238 g/mol. The van der Waals surface area contributed by atoms with Gasteiger partial charge in [0.2, 0.25) is 0 Å². The summed E-state index contributed by atoms with van der Waals surface area (Å²) in [5.41, 5.74) is 6.49. The summed E-state index contributed by atoms with van der Waals surface area (Å²) in [6.45, 7) is 2.70. The molecule has 0 fully saturated rings. The number of likely N-dealkylation sites (N-methyl/N-ethyl adjacent to an activating group) is 1. The third-order valence-electron chi connectivity index (χ3n) is 2.29. The second kappa shape index (κ2) is 5.89. The minimum absolute atomic E-state index is 0.0353. The van der Waals surface area contributed by atoms with Crippen molar-refractivity contribution in [2.24, 2.45) is 0 Å². The summed E-state index contributed by atoms with van der Waals surface area (Å²) in [6.07, 6.45) is 0. The maximum absolute atomic E-state index is 12.0. The fraction of sp³-hybridized carbons (Fsp3) is 0.417. The topological polar surface area (TPSA) is 58.4 Å². The van der Waals surface area contributed by atoms with Gasteiger partial charge in [-0.15, -0.1) is 0 Å². The first-order valence-corrected chi connectivity index (χ1v) is 5.79. The van der Waals surface area contributed by atoms with Crippen LogP contribution >= 0.6 is 11.6 Å². The van der Waals surface area contributed by atoms with E-state index in [1.165, 1.54) is 0 Å². The van der Waals surface area contributed by atoms with Gasteiger partial charge in [0.1, 0.15) is 0 Å². The average molecular weight is 256 g/mol. The van der Waals surface area contributed by atoms with Crippen LogP contribution in [0.1, 0.15) is 17.3 Å². The molecule has 0 saturated carbocycles. The summed E-state index contributed by atoms with van der Waals surface area (Å²) in [5, 5.41) is 3.24. The number of rotatable bonds is 4. The molecule has 0 saturated heterocycles. The van der Waals surface area contributed by atoms with Gasteiger partial charge in [-0.2, -0.15) is 0 Å². The highest BCUT2D eigenvalue weighted by atomic mass is 35.5. The minimum atomic E-state index is -0.234. The Morgan fingerprint density at radius 2 is 2.18 bits per heavy atom. The van der Waals surface area contributed by atoms with Crippen molar-refractivity contribution in [3.8, 4) is 0 Å². The summed E-state index contributed by atoms with van der Waals surface area (Å²) < 4.78 is 0. The Labute approximate surface area is 107 Å². The average Bonchev–Trinajstić information content (AvgIpc) is 2.15. The number of nitrogens with two attached hydrogens (primary N) is 1. The van der Waals surface area contributed by atoms with Crippen molar-refractivity contribution in [2.45, 2.75) is 13.0 Å². The van der Waals surface area contributed by atoms with Gasteiger partial charge in [0, 0.05) is 18.3 Å². The van der Waals surface area contributed by atoms with E-state index in [9.17, 15) is 4.79 Å². The number of anilines is 1. The van der Waals surface area contributed by atoms with Crippen molar-refractivity contribution < 1.29 is 4.79 Å². The van der Waals surface area contributed by atoms with Gasteiger partial charge in [-0.25, -0.2) is 0 Å². The molecule has 5 heteroatoms. The van der Waals surface area contributed by atoms with Crippen molar-refractivity contribution in [3.05, 3.63) is 28.8 Å². The fourth-order valence-electron chi connectivity index (χ4n) is 1.67. The highest BCUT2D eigenvalue weighted by Gasteiger charge is 2.16. The molecule has 1 aromatic carbocycles. The van der Waals surface area contributed by atoms with Crippen molar-refractivity contribution in [1.29, 1.82) is 0 Å². The molecule has 0 aliphatic heterocycles. The molecule has 0 aliphatic rings. The Bertz CT molecular complexity index is 386. The maximum atomic E-state index is 12.0. The quantitative estimate of drug-likeness (QED) is 0.804. The van der Waals surface area contributed by atoms with Crippen molar-refractivity contribution in [2.75, 3.05) is 26.4 Å². The minimum Gasteiger partial charge on any atom is -0.398 e. The van der Waals surface area contributed by atoms with Crippen molar-refractivity contribution >= 4 is 23.2 Å². The Hall–Kier alpha value is -1.26. The summed E-state index contributed by atoms with van der Waals surface area (Å²) in [6, 6.07) is 5.08. The standard InChI is InChI=1S/C12H18ClN3O/c1-8(7-16(2)3)15-12(17)11-9(13)5-4-6-10(11)14/h4-6,8H,7,14H2,1-3H3,(H,15,17). The number of nitrogens with one attached hydrogen (secondary N) is 1. The highest BCUT2D eigenvalue weighted by molar-refractivity contribution is 6.34. The molecule has 4 nitrogen and oxygen atoms in total. The van der Waals surface area contributed by atoms with Gasteiger partial charge >= 0.3 is 0 Å². The van der Waals surface area contributed by atoms with Crippen molar-refractivity contribution in [3.63, 3.8) is 0 Å². The number of nitrogen functional groups attached to an aromatic ring is 1. The summed E-state index contributed by atoms with van der Waals surface area (Å²) in [4.78, 5) is 14.0. The van der Waals surface area contributed by atoms with Crippen LogP contribution in [0.15, 0.2) is 18.2 Å². The number of hydrogen-bond donors (Lipinski definition) is 2. The van der Waals surface area contributed by atoms with Gasteiger partial charge in [-0.1, -0.05) is 17.7 Å². The van der Waals surface area contributed by atoms with Crippen molar-refractivity contribution in [1.82, 2.24) is 10.2 Å². The van der Waals surface area contributed by atoms with Crippen LogP contribution in [0.4, 0.5) is 5.69 Å². The van der Waals surface area contributed by atoms with Gasteiger partial charge in [0.25, 0.3) is 5.91 Å². The number of carbonyl (C=O) groups excluding carboxylic acids is 1. The third-order valence-corrected chi connectivity index (χ3v) is 2.60. The van der Waals surface area contributed by atoms with Gasteiger partial charge in [-0.05, 0) is 33.2 Å². The number of hydrogen-bond acceptors (Lipinski definition) is 3. The molecule has 3 N–H and O–H groups in total. The maximum Gasteiger partial charge on any atom is 0.255 e. The van der Waals surface area contributed by atoms with E-state index < -0.39 is 0 Å². The van der Waals surface area contributed by atoms with Crippen LogP contribution in [0.3, 0.4) is 0 Å². The zero-order chi connectivity index (χ0) is 13.0. The Morgan fingerprint density at radius 1 is 1.53 bits per heavy atom. The SMILES string of the molecule is CC(CN(C)C)NC(=O)c1c(N)cccc1Cl. The highest BCUT2D eigenvalue weighted by Crippen LogP contribution is 2.21. The van der Waals surface area contributed by atoms with Crippen LogP contribution in [-0.4, -0.2) is 37.5 Å². The molecule has 1 atom stereocenters. The van der Waals surface area contributed by atoms with Gasteiger partial charge < -0.3 is 16.0 Å². The van der Waals surface area contributed by atoms with E-state index in [1.54, 1.807) is 18.2 Å². The summed E-state index contributed by atoms with van der Waals surface area (Å²) in [7, 11) is 3.90. The summed E-state index contributed by atoms with van der Waals surface area (Å²) >= 11 is 5.96. The fourth-order valence-corrected chi connectivity index (χ4v) is 1.94. The van der Waals surface area contributed by atoms with Gasteiger partial charge in [0.15, 0.2) is 0 Å². The largest absolute Gasteiger partial charge is 0.398 e. The molecule has 0 radical (unpaired) electrons. The first-order valence-electron chi connectivity index (χ1n) is 5.41. The predicted octanol–water partition coefficient (Wildman–Crippen LogP) is 1.60. The Balaban J connectivity index is 2.77. The third kappa shape index (κ3) is 3.91. The van der Waals surface area contributed by atoms with Crippen LogP contribution in [0.25, 0.3) is 0 Å². The first kappa shape index (κ1) is 13.8. The van der Waals surface area contributed by atoms with E-state index >= 15 is 0 Å². The zero-order valence-corrected chi connectivity index (χ0v) is 11.1. The second-order valence-electron chi connectivity index (χ2n) is 4.34. The number of halogens is 1. The van der Waals surface area contributed by atoms with Crippen LogP contribution < -0.4 is 11.1 Å². The number of amides is 1. The molecule has 1 aromatic rings. The molecule has 1 unspecified atom stereocenters. The van der Waals surface area contributed by atoms with E-state index in [0.29, 0.717) is 16.3 Å². The zero-order valence-electron chi connectivity index (χ0n) is 10.3. The van der Waals surface area contributed by atoms with Crippen LogP contribution in [0, 0.1) is 0 Å². The monoisotopic (exact) mass is 255 g/mol. The molecule has 1 rings (SSSR count). The van der Waals surface area contributed by atoms with Crippen LogP contribution in [-0.2, 0) is 0 Å². The number of nitrogens with zero attached hydrogens (tertiary/aromatic N) is 1. The van der Waals surface area contributed by atoms with E-state index in [4.69, 9.17) is 17.3 Å². The summed E-state index contributed by atoms with van der Waals surface area (Å²) in [5.74, 6) is -0.234. The smallest absolute Gasteiger partial charge is 0.255 e. The Morgan fingerprint density at radius 3 is 2.71 bits per heavy atom. The van der Waals surface area contributed by atoms with Gasteiger partial charge in [0.05, 0.1) is 10.6 Å². The number of carbonyl (C=O) groups is 1. The molecule has 0 spiro atoms. The molecule has 17 heavy (non-hydrogen) atoms. The van der Waals surface area contributed by atoms with E-state index in [-0.39, 0.29) is 11.9 Å². The van der Waals surface area contributed by atoms with E-state index in [0.717, 1.165) is 6.54 Å². The molecule has 94 valence electrons. The Kier molecular flexibility index (Phi) is 4.78. The first-order chi connectivity index (χ1) is 7.91. The lowest BCUT2D eigenvalue weighted by Crippen LogP contribution is -2.39. The van der Waals surface area contributed by atoms with Crippen LogP contribution in [0.5, 0.6) is 0 Å². The van der Waals surface area contributed by atoms with Gasteiger partial charge in [-0.3, -0.25) is 4.79 Å². The lowest BCUT2D eigenvalue weighted by atomic mass is 10.1. The molecule has 0 heterocycles. The lowest BCUT2D eigenvalue weighted by molar-refractivity contribution is 0.0935. The molecule has 0 aromatic heterocycles. The lowest BCUT2D eigenvalue weighted by Gasteiger charge is -2.19. The molecule has 0 bridgehead atoms. The molecule has 0 aliphatic carbocycles. The van der Waals surface area contributed by atoms with Crippen LogP contribution in [0.2, 0.25) is 5.02 Å².